The highest BCUT2D eigenvalue weighted by Gasteiger charge is 2.19. The zero-order valence-corrected chi connectivity index (χ0v) is 12.8. The Bertz CT molecular complexity index is 506. The second-order valence-electron chi connectivity index (χ2n) is 4.80. The Balaban J connectivity index is 2.41. The molecule has 2 N–H and O–H groups in total. The molecule has 114 valence electrons. The average molecular weight is 302 g/mol. The third kappa shape index (κ3) is 5.56. The molecule has 0 saturated carbocycles. The van der Waals surface area contributed by atoms with Gasteiger partial charge in [0.2, 0.25) is 10.0 Å². The van der Waals surface area contributed by atoms with Crippen LogP contribution in [0.2, 0.25) is 0 Å². The van der Waals surface area contributed by atoms with Gasteiger partial charge >= 0.3 is 0 Å². The van der Waals surface area contributed by atoms with E-state index in [9.17, 15) is 12.8 Å². The molecule has 0 bridgehead atoms. The molecule has 0 radical (unpaired) electrons. The predicted octanol–water partition coefficient (Wildman–Crippen LogP) is 1.68. The van der Waals surface area contributed by atoms with Gasteiger partial charge in [0.25, 0.3) is 0 Å². The second kappa shape index (κ2) is 8.34. The van der Waals surface area contributed by atoms with E-state index in [0.717, 1.165) is 13.0 Å². The van der Waals surface area contributed by atoms with Gasteiger partial charge in [-0.2, -0.15) is 0 Å². The average Bonchev–Trinajstić information content (AvgIpc) is 2.41. The molecule has 6 heteroatoms. The minimum absolute atomic E-state index is 0.210. The predicted molar refractivity (Wildman–Crippen MR) is 79.6 cm³/mol. The highest BCUT2D eigenvalue weighted by atomic mass is 32.2. The maximum Gasteiger partial charge on any atom is 0.215 e. The molecule has 0 amide bonds. The minimum Gasteiger partial charge on any atom is -0.315 e. The Labute approximate surface area is 120 Å². The van der Waals surface area contributed by atoms with Crippen molar-refractivity contribution in [1.29, 1.82) is 0 Å². The van der Waals surface area contributed by atoms with Crippen LogP contribution in [0.15, 0.2) is 24.3 Å². The molecule has 1 rings (SSSR count). The van der Waals surface area contributed by atoms with Crippen molar-refractivity contribution in [3.63, 3.8) is 0 Å². The summed E-state index contributed by atoms with van der Waals surface area (Å²) in [6.07, 6.45) is 1.31. The summed E-state index contributed by atoms with van der Waals surface area (Å²) < 4.78 is 39.8. The van der Waals surface area contributed by atoms with Crippen LogP contribution in [0.4, 0.5) is 4.39 Å². The Morgan fingerprint density at radius 1 is 1.25 bits per heavy atom. The normalized spacial score (nSPS) is 13.3. The highest BCUT2D eigenvalue weighted by Crippen LogP contribution is 2.06. The van der Waals surface area contributed by atoms with Gasteiger partial charge in [0.1, 0.15) is 5.82 Å². The van der Waals surface area contributed by atoms with Gasteiger partial charge < -0.3 is 5.32 Å². The van der Waals surface area contributed by atoms with E-state index < -0.39 is 15.3 Å². The standard InChI is InChI=1S/C14H23FN2O2S/c1-3-9-16-11-12(2)20(18,19)17-10-8-13-6-4-5-7-14(13)15/h4-7,12,16-17H,3,8-11H2,1-2H3. The molecule has 1 atom stereocenters. The number of hydrogen-bond donors (Lipinski definition) is 2. The fourth-order valence-corrected chi connectivity index (χ4v) is 2.77. The molecule has 0 aliphatic rings. The highest BCUT2D eigenvalue weighted by molar-refractivity contribution is 7.90. The quantitative estimate of drug-likeness (QED) is 0.682. The van der Waals surface area contributed by atoms with Crippen molar-refractivity contribution < 1.29 is 12.8 Å². The van der Waals surface area contributed by atoms with Crippen LogP contribution < -0.4 is 10.0 Å². The van der Waals surface area contributed by atoms with Crippen molar-refractivity contribution in [3.8, 4) is 0 Å². The summed E-state index contributed by atoms with van der Waals surface area (Å²) in [5.41, 5.74) is 0.520. The minimum atomic E-state index is -3.36. The summed E-state index contributed by atoms with van der Waals surface area (Å²) in [7, 11) is -3.36. The van der Waals surface area contributed by atoms with E-state index in [-0.39, 0.29) is 12.4 Å². The first kappa shape index (κ1) is 17.1. The summed E-state index contributed by atoms with van der Waals surface area (Å²) >= 11 is 0. The summed E-state index contributed by atoms with van der Waals surface area (Å²) in [6.45, 7) is 5.12. The molecule has 0 heterocycles. The third-order valence-electron chi connectivity index (χ3n) is 3.04. The fourth-order valence-electron chi connectivity index (χ4n) is 1.76. The van der Waals surface area contributed by atoms with E-state index in [1.807, 2.05) is 6.92 Å². The molecule has 0 fully saturated rings. The molecule has 1 unspecified atom stereocenters. The fraction of sp³-hybridized carbons (Fsp3) is 0.571. The SMILES string of the molecule is CCCNCC(C)S(=O)(=O)NCCc1ccccc1F. The lowest BCUT2D eigenvalue weighted by molar-refractivity contribution is 0.555. The van der Waals surface area contributed by atoms with Crippen LogP contribution in [0.5, 0.6) is 0 Å². The monoisotopic (exact) mass is 302 g/mol. The summed E-state index contributed by atoms with van der Waals surface area (Å²) in [6, 6.07) is 6.39. The largest absolute Gasteiger partial charge is 0.315 e. The van der Waals surface area contributed by atoms with E-state index in [4.69, 9.17) is 0 Å². The molecule has 1 aromatic rings. The number of halogens is 1. The van der Waals surface area contributed by atoms with Gasteiger partial charge in [0, 0.05) is 13.1 Å². The van der Waals surface area contributed by atoms with Crippen molar-refractivity contribution in [2.45, 2.75) is 31.9 Å². The first-order valence-corrected chi connectivity index (χ1v) is 8.44. The van der Waals surface area contributed by atoms with Gasteiger partial charge in [-0.1, -0.05) is 25.1 Å². The molecule has 0 aliphatic heterocycles. The molecule has 20 heavy (non-hydrogen) atoms. The van der Waals surface area contributed by atoms with Crippen molar-refractivity contribution in [2.75, 3.05) is 19.6 Å². The molecule has 0 aromatic heterocycles. The van der Waals surface area contributed by atoms with E-state index in [0.29, 0.717) is 18.5 Å². The van der Waals surface area contributed by atoms with Crippen molar-refractivity contribution in [2.24, 2.45) is 0 Å². The molecular formula is C14H23FN2O2S. The number of sulfonamides is 1. The first-order chi connectivity index (χ1) is 9.47. The van der Waals surface area contributed by atoms with Crippen molar-refractivity contribution >= 4 is 10.0 Å². The van der Waals surface area contributed by atoms with Gasteiger partial charge in [-0.05, 0) is 37.9 Å². The van der Waals surface area contributed by atoms with Gasteiger partial charge in [-0.3, -0.25) is 0 Å². The molecule has 0 spiro atoms. The third-order valence-corrected chi connectivity index (χ3v) is 4.88. The Hall–Kier alpha value is -0.980. The van der Waals surface area contributed by atoms with Crippen LogP contribution in [-0.2, 0) is 16.4 Å². The van der Waals surface area contributed by atoms with Gasteiger partial charge in [0.05, 0.1) is 5.25 Å². The summed E-state index contributed by atoms with van der Waals surface area (Å²) in [5.74, 6) is -0.302. The van der Waals surface area contributed by atoms with E-state index in [1.165, 1.54) is 6.07 Å². The van der Waals surface area contributed by atoms with Crippen LogP contribution in [-0.4, -0.2) is 33.3 Å². The second-order valence-corrected chi connectivity index (χ2v) is 6.98. The van der Waals surface area contributed by atoms with E-state index in [1.54, 1.807) is 25.1 Å². The van der Waals surface area contributed by atoms with E-state index in [2.05, 4.69) is 10.0 Å². The summed E-state index contributed by atoms with van der Waals surface area (Å²) in [4.78, 5) is 0. The lowest BCUT2D eigenvalue weighted by Gasteiger charge is -2.14. The number of nitrogens with one attached hydrogen (secondary N) is 2. The Morgan fingerprint density at radius 2 is 1.95 bits per heavy atom. The zero-order valence-electron chi connectivity index (χ0n) is 12.0. The van der Waals surface area contributed by atoms with E-state index >= 15 is 0 Å². The Kier molecular flexibility index (Phi) is 7.12. The first-order valence-electron chi connectivity index (χ1n) is 6.90. The van der Waals surface area contributed by atoms with Gasteiger partial charge in [-0.15, -0.1) is 0 Å². The van der Waals surface area contributed by atoms with Crippen LogP contribution in [0, 0.1) is 5.82 Å². The zero-order chi connectivity index (χ0) is 15.0. The smallest absolute Gasteiger partial charge is 0.215 e. The maximum absolute atomic E-state index is 13.4. The maximum atomic E-state index is 13.4. The van der Waals surface area contributed by atoms with Crippen molar-refractivity contribution in [1.82, 2.24) is 10.0 Å². The molecule has 4 nitrogen and oxygen atoms in total. The Morgan fingerprint density at radius 3 is 2.60 bits per heavy atom. The number of rotatable bonds is 9. The van der Waals surface area contributed by atoms with Gasteiger partial charge in [-0.25, -0.2) is 17.5 Å². The number of benzene rings is 1. The van der Waals surface area contributed by atoms with Crippen LogP contribution in [0.3, 0.4) is 0 Å². The molecule has 1 aromatic carbocycles. The molecule has 0 aliphatic carbocycles. The number of hydrogen-bond acceptors (Lipinski definition) is 3. The summed E-state index contributed by atoms with van der Waals surface area (Å²) in [5, 5.41) is 2.57. The van der Waals surface area contributed by atoms with Gasteiger partial charge in [0.15, 0.2) is 0 Å². The molecule has 0 saturated heterocycles. The topological polar surface area (TPSA) is 58.2 Å². The molecular weight excluding hydrogens is 279 g/mol. The van der Waals surface area contributed by atoms with Crippen LogP contribution in [0.1, 0.15) is 25.8 Å². The lowest BCUT2D eigenvalue weighted by Crippen LogP contribution is -2.39. The van der Waals surface area contributed by atoms with Crippen LogP contribution >= 0.6 is 0 Å². The van der Waals surface area contributed by atoms with Crippen LogP contribution in [0.25, 0.3) is 0 Å². The lowest BCUT2D eigenvalue weighted by atomic mass is 10.1. The van der Waals surface area contributed by atoms with Crippen molar-refractivity contribution in [3.05, 3.63) is 35.6 Å².